The van der Waals surface area contributed by atoms with Crippen molar-refractivity contribution in [3.8, 4) is 10.6 Å². The van der Waals surface area contributed by atoms with E-state index < -0.39 is 0 Å². The molecule has 0 aromatic carbocycles. The molecule has 30 heavy (non-hydrogen) atoms. The molecule has 1 aliphatic rings. The molecule has 0 aliphatic carbocycles. The molecule has 0 amide bonds. The highest BCUT2D eigenvalue weighted by Gasteiger charge is 2.26. The number of imidazole rings is 1. The first kappa shape index (κ1) is 19.7. The maximum atomic E-state index is 5.83. The smallest absolute Gasteiger partial charge is 0.111 e. The first-order valence-electron chi connectivity index (χ1n) is 10.5. The predicted molar refractivity (Wildman–Crippen MR) is 121 cm³/mol. The molecule has 158 valence electrons. The Hall–Kier alpha value is -2.29. The van der Waals surface area contributed by atoms with Gasteiger partial charge in [-0.25, -0.2) is 9.97 Å². The molecule has 0 saturated carbocycles. The van der Waals surface area contributed by atoms with E-state index in [2.05, 4.69) is 53.5 Å². The van der Waals surface area contributed by atoms with Gasteiger partial charge in [0.2, 0.25) is 0 Å². The number of aromatic nitrogens is 5. The van der Waals surface area contributed by atoms with E-state index in [1.807, 2.05) is 6.07 Å². The third kappa shape index (κ3) is 3.53. The van der Waals surface area contributed by atoms with Gasteiger partial charge in [0.1, 0.15) is 11.3 Å². The first-order chi connectivity index (χ1) is 14.4. The quantitative estimate of drug-likeness (QED) is 0.526. The van der Waals surface area contributed by atoms with E-state index in [-0.39, 0.29) is 5.60 Å². The molecule has 0 spiro atoms. The van der Waals surface area contributed by atoms with E-state index >= 15 is 0 Å². The van der Waals surface area contributed by atoms with Crippen LogP contribution in [0.3, 0.4) is 0 Å². The van der Waals surface area contributed by atoms with E-state index in [1.165, 1.54) is 10.2 Å². The Morgan fingerprint density at radius 2 is 2.17 bits per heavy atom. The fourth-order valence-corrected chi connectivity index (χ4v) is 5.59. The van der Waals surface area contributed by atoms with Gasteiger partial charge < -0.3 is 9.30 Å². The van der Waals surface area contributed by atoms with E-state index in [1.54, 1.807) is 17.5 Å². The average molecular weight is 425 g/mol. The summed E-state index contributed by atoms with van der Waals surface area (Å²) in [5.74, 6) is 1.13. The van der Waals surface area contributed by atoms with Gasteiger partial charge in [-0.3, -0.25) is 10.00 Å². The standard InChI is InChI=1S/C22H28N6OS/c1-14-19-20(21-16(24-14)12-17(30-21)15-7-8-23-26-15)27(4)18(25-19)6-5-9-28-10-11-29-22(2,3)13-28/h7-8,12H,5-6,9-11,13H2,1-4H3,(H,23,26). The van der Waals surface area contributed by atoms with Crippen LogP contribution >= 0.6 is 11.3 Å². The van der Waals surface area contributed by atoms with E-state index in [9.17, 15) is 0 Å². The lowest BCUT2D eigenvalue weighted by Gasteiger charge is -2.38. The molecule has 1 aliphatic heterocycles. The SMILES string of the molecule is Cc1nc2cc(-c3ccn[nH]3)sc2c2c1nc(CCCN1CCOC(C)(C)C1)n2C. The summed E-state index contributed by atoms with van der Waals surface area (Å²) in [7, 11) is 2.14. The molecule has 0 atom stereocenters. The summed E-state index contributed by atoms with van der Waals surface area (Å²) in [5.41, 5.74) is 5.21. The second-order valence-electron chi connectivity index (χ2n) is 8.76. The largest absolute Gasteiger partial charge is 0.373 e. The molecular weight excluding hydrogens is 396 g/mol. The molecule has 0 bridgehead atoms. The monoisotopic (exact) mass is 424 g/mol. The van der Waals surface area contributed by atoms with Gasteiger partial charge in [0.15, 0.2) is 0 Å². The van der Waals surface area contributed by atoms with Gasteiger partial charge >= 0.3 is 0 Å². The predicted octanol–water partition coefficient (Wildman–Crippen LogP) is 3.92. The van der Waals surface area contributed by atoms with Gasteiger partial charge in [0, 0.05) is 32.8 Å². The molecule has 1 saturated heterocycles. The van der Waals surface area contributed by atoms with Crippen LogP contribution in [0.5, 0.6) is 0 Å². The molecule has 5 heterocycles. The van der Waals surface area contributed by atoms with Crippen molar-refractivity contribution < 1.29 is 4.74 Å². The van der Waals surface area contributed by atoms with Crippen molar-refractivity contribution in [2.24, 2.45) is 7.05 Å². The maximum Gasteiger partial charge on any atom is 0.111 e. The number of nitrogens with one attached hydrogen (secondary N) is 1. The number of fused-ring (bicyclic) bond motifs is 3. The molecule has 1 N–H and O–H groups in total. The molecule has 5 rings (SSSR count). The number of pyridine rings is 1. The van der Waals surface area contributed by atoms with Crippen molar-refractivity contribution in [3.63, 3.8) is 0 Å². The lowest BCUT2D eigenvalue weighted by molar-refractivity contribution is -0.0860. The number of aromatic amines is 1. The third-order valence-corrected chi connectivity index (χ3v) is 7.06. The maximum absolute atomic E-state index is 5.83. The van der Waals surface area contributed by atoms with Crippen LogP contribution in [0.25, 0.3) is 31.8 Å². The summed E-state index contributed by atoms with van der Waals surface area (Å²) in [4.78, 5) is 13.5. The molecule has 0 unspecified atom stereocenters. The highest BCUT2D eigenvalue weighted by molar-refractivity contribution is 7.23. The number of rotatable bonds is 5. The van der Waals surface area contributed by atoms with Crippen molar-refractivity contribution in [2.45, 2.75) is 39.2 Å². The summed E-state index contributed by atoms with van der Waals surface area (Å²) in [5, 5.41) is 7.14. The van der Waals surface area contributed by atoms with Crippen LogP contribution in [0.15, 0.2) is 18.3 Å². The zero-order chi connectivity index (χ0) is 20.9. The Morgan fingerprint density at radius 3 is 2.93 bits per heavy atom. The first-order valence-corrected chi connectivity index (χ1v) is 11.3. The summed E-state index contributed by atoms with van der Waals surface area (Å²) in [6.45, 7) is 10.3. The highest BCUT2D eigenvalue weighted by atomic mass is 32.1. The van der Waals surface area contributed by atoms with Crippen molar-refractivity contribution in [3.05, 3.63) is 29.8 Å². The van der Waals surface area contributed by atoms with Gasteiger partial charge in [-0.05, 0) is 45.9 Å². The number of ether oxygens (including phenoxy) is 1. The summed E-state index contributed by atoms with van der Waals surface area (Å²) in [6.07, 6.45) is 3.83. The molecule has 8 heteroatoms. The summed E-state index contributed by atoms with van der Waals surface area (Å²) < 4.78 is 9.29. The van der Waals surface area contributed by atoms with Crippen LogP contribution in [0.2, 0.25) is 0 Å². The van der Waals surface area contributed by atoms with Gasteiger partial charge in [-0.1, -0.05) is 0 Å². The van der Waals surface area contributed by atoms with Crippen LogP contribution < -0.4 is 0 Å². The number of thiophene rings is 1. The second kappa shape index (κ2) is 7.44. The van der Waals surface area contributed by atoms with Crippen LogP contribution in [0, 0.1) is 6.92 Å². The number of hydrogen-bond donors (Lipinski definition) is 1. The minimum absolute atomic E-state index is 0.0456. The van der Waals surface area contributed by atoms with Gasteiger partial charge in [-0.15, -0.1) is 11.3 Å². The number of hydrogen-bond acceptors (Lipinski definition) is 6. The lowest BCUT2D eigenvalue weighted by atomic mass is 10.1. The summed E-state index contributed by atoms with van der Waals surface area (Å²) >= 11 is 1.75. The van der Waals surface area contributed by atoms with Crippen molar-refractivity contribution in [1.29, 1.82) is 0 Å². The average Bonchev–Trinajstić information content (AvgIpc) is 3.41. The Bertz CT molecular complexity index is 1190. The number of H-pyrrole nitrogens is 1. The number of aryl methyl sites for hydroxylation is 3. The molecule has 4 aromatic heterocycles. The lowest BCUT2D eigenvalue weighted by Crippen LogP contribution is -2.48. The van der Waals surface area contributed by atoms with Crippen molar-refractivity contribution in [2.75, 3.05) is 26.2 Å². The molecule has 4 aromatic rings. The fraction of sp³-hybridized carbons (Fsp3) is 0.500. The minimum atomic E-state index is -0.0456. The van der Waals surface area contributed by atoms with Crippen LogP contribution in [0.1, 0.15) is 31.8 Å². The Balaban J connectivity index is 1.42. The van der Waals surface area contributed by atoms with Crippen LogP contribution in [-0.2, 0) is 18.2 Å². The normalized spacial score (nSPS) is 17.3. The minimum Gasteiger partial charge on any atom is -0.373 e. The van der Waals surface area contributed by atoms with E-state index in [0.717, 1.165) is 72.2 Å². The highest BCUT2D eigenvalue weighted by Crippen LogP contribution is 2.37. The van der Waals surface area contributed by atoms with E-state index in [4.69, 9.17) is 14.7 Å². The third-order valence-electron chi connectivity index (χ3n) is 5.89. The van der Waals surface area contributed by atoms with Crippen LogP contribution in [-0.4, -0.2) is 61.5 Å². The molecule has 7 nitrogen and oxygen atoms in total. The second-order valence-corrected chi connectivity index (χ2v) is 9.82. The molecule has 1 fully saturated rings. The van der Waals surface area contributed by atoms with Gasteiger partial charge in [-0.2, -0.15) is 5.10 Å². The Labute approximate surface area is 180 Å². The number of nitrogens with zero attached hydrogens (tertiary/aromatic N) is 5. The van der Waals surface area contributed by atoms with E-state index in [0.29, 0.717) is 0 Å². The van der Waals surface area contributed by atoms with Crippen molar-refractivity contribution >= 4 is 32.6 Å². The number of morpholine rings is 1. The zero-order valence-corrected chi connectivity index (χ0v) is 18.8. The Kier molecular flexibility index (Phi) is 4.88. The summed E-state index contributed by atoms with van der Waals surface area (Å²) in [6, 6.07) is 4.14. The topological polar surface area (TPSA) is 71.9 Å². The molecule has 0 radical (unpaired) electrons. The Morgan fingerprint density at radius 1 is 1.30 bits per heavy atom. The zero-order valence-electron chi connectivity index (χ0n) is 18.0. The van der Waals surface area contributed by atoms with Gasteiger partial charge in [0.05, 0.1) is 44.2 Å². The van der Waals surface area contributed by atoms with Crippen LogP contribution in [0.4, 0.5) is 0 Å². The van der Waals surface area contributed by atoms with Crippen molar-refractivity contribution in [1.82, 2.24) is 29.6 Å². The fourth-order valence-electron chi connectivity index (χ4n) is 4.44. The van der Waals surface area contributed by atoms with Gasteiger partial charge in [0.25, 0.3) is 0 Å². The molecular formula is C22H28N6OS.